The Balaban J connectivity index is 2.26. The number of hydrogen-bond acceptors (Lipinski definition) is 4. The molecule has 0 aliphatic rings. The summed E-state index contributed by atoms with van der Waals surface area (Å²) >= 11 is 7.65. The van der Waals surface area contributed by atoms with E-state index in [0.717, 1.165) is 31.6 Å². The first-order chi connectivity index (χ1) is 8.56. The smallest absolute Gasteiger partial charge is 0.213 e. The molecule has 6 heteroatoms. The second kappa shape index (κ2) is 3.96. The maximum absolute atomic E-state index is 6.10. The third-order valence-corrected chi connectivity index (χ3v) is 4.18. The first kappa shape index (κ1) is 11.5. The zero-order chi connectivity index (χ0) is 12.9. The largest absolute Gasteiger partial charge is 0.383 e. The highest BCUT2D eigenvalue weighted by Crippen LogP contribution is 2.31. The minimum Gasteiger partial charge on any atom is -0.383 e. The van der Waals surface area contributed by atoms with Gasteiger partial charge in [0, 0.05) is 11.1 Å². The van der Waals surface area contributed by atoms with Gasteiger partial charge >= 0.3 is 0 Å². The van der Waals surface area contributed by atoms with Crippen LogP contribution in [0.15, 0.2) is 18.2 Å². The van der Waals surface area contributed by atoms with Gasteiger partial charge in [0.05, 0.1) is 15.9 Å². The number of anilines is 1. The molecule has 0 radical (unpaired) electrons. The molecule has 0 spiro atoms. The number of aromatic nitrogens is 3. The van der Waals surface area contributed by atoms with Crippen molar-refractivity contribution < 1.29 is 0 Å². The number of thiazole rings is 1. The van der Waals surface area contributed by atoms with Crippen LogP contribution in [0.4, 0.5) is 5.82 Å². The average molecular weight is 279 g/mol. The van der Waals surface area contributed by atoms with Crippen molar-refractivity contribution in [1.82, 2.24) is 14.8 Å². The molecule has 2 heterocycles. The van der Waals surface area contributed by atoms with Crippen LogP contribution in [0, 0.1) is 13.8 Å². The summed E-state index contributed by atoms with van der Waals surface area (Å²) in [7, 11) is 0. The lowest BCUT2D eigenvalue weighted by molar-refractivity contribution is 0.865. The first-order valence-electron chi connectivity index (χ1n) is 5.44. The lowest BCUT2D eigenvalue weighted by Crippen LogP contribution is -2.00. The third-order valence-electron chi connectivity index (χ3n) is 2.78. The van der Waals surface area contributed by atoms with Crippen LogP contribution >= 0.6 is 22.9 Å². The molecule has 0 saturated carbocycles. The molecular weight excluding hydrogens is 268 g/mol. The molecule has 0 aliphatic carbocycles. The van der Waals surface area contributed by atoms with Crippen molar-refractivity contribution in [2.45, 2.75) is 13.8 Å². The molecular formula is C12H11ClN4S. The Hall–Kier alpha value is -1.59. The van der Waals surface area contributed by atoms with Crippen LogP contribution in [-0.2, 0) is 0 Å². The maximum Gasteiger partial charge on any atom is 0.213 e. The van der Waals surface area contributed by atoms with Crippen molar-refractivity contribution in [3.05, 3.63) is 34.5 Å². The normalized spacial score (nSPS) is 11.3. The summed E-state index contributed by atoms with van der Waals surface area (Å²) in [6, 6.07) is 5.68. The van der Waals surface area contributed by atoms with Crippen LogP contribution in [0.1, 0.15) is 11.3 Å². The fraction of sp³-hybridized carbons (Fsp3) is 0.167. The highest BCUT2D eigenvalue weighted by molar-refractivity contribution is 7.20. The summed E-state index contributed by atoms with van der Waals surface area (Å²) in [5.41, 5.74) is 8.68. The van der Waals surface area contributed by atoms with E-state index in [1.165, 1.54) is 0 Å². The van der Waals surface area contributed by atoms with Gasteiger partial charge in [-0.25, -0.2) is 4.98 Å². The van der Waals surface area contributed by atoms with Gasteiger partial charge in [0.1, 0.15) is 5.82 Å². The van der Waals surface area contributed by atoms with E-state index in [0.29, 0.717) is 5.82 Å². The Morgan fingerprint density at radius 3 is 2.78 bits per heavy atom. The van der Waals surface area contributed by atoms with Crippen LogP contribution in [-0.4, -0.2) is 14.8 Å². The summed E-state index contributed by atoms with van der Waals surface area (Å²) in [6.07, 6.45) is 0. The van der Waals surface area contributed by atoms with Crippen molar-refractivity contribution >= 4 is 39.0 Å². The molecule has 4 nitrogen and oxygen atoms in total. The zero-order valence-corrected chi connectivity index (χ0v) is 11.5. The van der Waals surface area contributed by atoms with Crippen molar-refractivity contribution in [1.29, 1.82) is 0 Å². The van der Waals surface area contributed by atoms with Crippen molar-refractivity contribution in [2.75, 3.05) is 5.73 Å². The zero-order valence-electron chi connectivity index (χ0n) is 9.94. The van der Waals surface area contributed by atoms with Gasteiger partial charge in [-0.1, -0.05) is 22.9 Å². The number of nitrogens with two attached hydrogens (primary N) is 1. The van der Waals surface area contributed by atoms with Crippen molar-refractivity contribution in [3.63, 3.8) is 0 Å². The molecule has 0 unspecified atom stereocenters. The van der Waals surface area contributed by atoms with Gasteiger partial charge < -0.3 is 5.73 Å². The lowest BCUT2D eigenvalue weighted by atomic mass is 10.2. The minimum atomic E-state index is 0.593. The second-order valence-corrected chi connectivity index (χ2v) is 5.55. The van der Waals surface area contributed by atoms with E-state index in [-0.39, 0.29) is 0 Å². The van der Waals surface area contributed by atoms with Gasteiger partial charge in [0.15, 0.2) is 0 Å². The summed E-state index contributed by atoms with van der Waals surface area (Å²) in [5, 5.41) is 5.83. The Morgan fingerprint density at radius 1 is 1.33 bits per heavy atom. The van der Waals surface area contributed by atoms with Gasteiger partial charge in [0.25, 0.3) is 0 Å². The molecule has 0 fully saturated rings. The van der Waals surface area contributed by atoms with E-state index >= 15 is 0 Å². The van der Waals surface area contributed by atoms with Gasteiger partial charge in [-0.3, -0.25) is 0 Å². The van der Waals surface area contributed by atoms with Crippen molar-refractivity contribution in [2.24, 2.45) is 0 Å². The van der Waals surface area contributed by atoms with Crippen molar-refractivity contribution in [3.8, 4) is 5.13 Å². The Bertz CT molecular complexity index is 744. The summed E-state index contributed by atoms with van der Waals surface area (Å²) in [5.74, 6) is 0.593. The summed E-state index contributed by atoms with van der Waals surface area (Å²) in [4.78, 5) is 4.57. The average Bonchev–Trinajstić information content (AvgIpc) is 2.87. The van der Waals surface area contributed by atoms with E-state index in [4.69, 9.17) is 17.3 Å². The first-order valence-corrected chi connectivity index (χ1v) is 6.64. The van der Waals surface area contributed by atoms with E-state index in [1.807, 2.05) is 32.0 Å². The minimum absolute atomic E-state index is 0.593. The monoisotopic (exact) mass is 278 g/mol. The highest BCUT2D eigenvalue weighted by atomic mass is 35.5. The van der Waals surface area contributed by atoms with Gasteiger partial charge in [-0.05, 0) is 31.5 Å². The molecule has 0 bridgehead atoms. The molecule has 92 valence electrons. The van der Waals surface area contributed by atoms with Gasteiger partial charge in [-0.2, -0.15) is 9.78 Å². The number of nitrogen functional groups attached to an aromatic ring is 1. The standard InChI is InChI=1S/C12H11ClN4S/c1-6-5-10(14)17(16-6)12-15-11-7(2)8(13)3-4-9(11)18-12/h3-5H,14H2,1-2H3. The molecule has 18 heavy (non-hydrogen) atoms. The molecule has 3 aromatic rings. The number of fused-ring (bicyclic) bond motifs is 1. The highest BCUT2D eigenvalue weighted by Gasteiger charge is 2.12. The fourth-order valence-electron chi connectivity index (χ4n) is 1.85. The Kier molecular flexibility index (Phi) is 2.53. The number of aryl methyl sites for hydroxylation is 2. The van der Waals surface area contributed by atoms with Crippen LogP contribution in [0.5, 0.6) is 0 Å². The number of nitrogens with zero attached hydrogens (tertiary/aromatic N) is 3. The fourth-order valence-corrected chi connectivity index (χ4v) is 3.00. The van der Waals surface area contributed by atoms with Gasteiger partial charge in [-0.15, -0.1) is 0 Å². The van der Waals surface area contributed by atoms with Crippen LogP contribution in [0.25, 0.3) is 15.3 Å². The number of halogens is 1. The number of rotatable bonds is 1. The van der Waals surface area contributed by atoms with Crippen LogP contribution in [0.2, 0.25) is 5.02 Å². The predicted molar refractivity (Wildman–Crippen MR) is 75.6 cm³/mol. The molecule has 0 amide bonds. The van der Waals surface area contributed by atoms with E-state index in [1.54, 1.807) is 16.0 Å². The molecule has 2 N–H and O–H groups in total. The second-order valence-electron chi connectivity index (χ2n) is 4.14. The molecule has 3 rings (SSSR count). The molecule has 0 aliphatic heterocycles. The van der Waals surface area contributed by atoms with E-state index in [2.05, 4.69) is 10.1 Å². The molecule has 2 aromatic heterocycles. The number of hydrogen-bond donors (Lipinski definition) is 1. The van der Waals surface area contributed by atoms with E-state index < -0.39 is 0 Å². The topological polar surface area (TPSA) is 56.7 Å². The SMILES string of the molecule is Cc1cc(N)n(-c2nc3c(C)c(Cl)ccc3s2)n1. The molecule has 0 saturated heterocycles. The third kappa shape index (κ3) is 1.67. The van der Waals surface area contributed by atoms with Gasteiger partial charge in [0.2, 0.25) is 5.13 Å². The maximum atomic E-state index is 6.10. The quantitative estimate of drug-likeness (QED) is 0.743. The molecule has 1 aromatic carbocycles. The summed E-state index contributed by atoms with van der Waals surface area (Å²) in [6.45, 7) is 3.87. The number of benzene rings is 1. The summed E-state index contributed by atoms with van der Waals surface area (Å²) < 4.78 is 2.74. The van der Waals surface area contributed by atoms with Crippen LogP contribution in [0.3, 0.4) is 0 Å². The Morgan fingerprint density at radius 2 is 2.11 bits per heavy atom. The van der Waals surface area contributed by atoms with E-state index in [9.17, 15) is 0 Å². The van der Waals surface area contributed by atoms with Crippen LogP contribution < -0.4 is 5.73 Å². The predicted octanol–water partition coefficient (Wildman–Crippen LogP) is 3.33. The Labute approximate surface area is 113 Å². The lowest BCUT2D eigenvalue weighted by Gasteiger charge is -1.97. The molecule has 0 atom stereocenters.